The van der Waals surface area contributed by atoms with Crippen LogP contribution < -0.4 is 16.0 Å². The number of rotatable bonds is 6. The van der Waals surface area contributed by atoms with Crippen LogP contribution in [0.25, 0.3) is 0 Å². The van der Waals surface area contributed by atoms with E-state index in [4.69, 9.17) is 0 Å². The number of sulfone groups is 1. The van der Waals surface area contributed by atoms with E-state index in [1.807, 2.05) is 0 Å². The highest BCUT2D eigenvalue weighted by Crippen LogP contribution is 2.19. The van der Waals surface area contributed by atoms with E-state index in [1.54, 1.807) is 0 Å². The lowest BCUT2D eigenvalue weighted by Crippen LogP contribution is -2.21. The number of nitrogens with one attached hydrogen (secondary N) is 3. The Bertz CT molecular complexity index is 928. The lowest BCUT2D eigenvalue weighted by atomic mass is 10.2. The zero-order valence-corrected chi connectivity index (χ0v) is 15.0. The van der Waals surface area contributed by atoms with Crippen LogP contribution in [0.2, 0.25) is 0 Å². The van der Waals surface area contributed by atoms with Gasteiger partial charge < -0.3 is 16.0 Å². The Balaban J connectivity index is 1.95. The first-order valence-electron chi connectivity index (χ1n) is 7.56. The van der Waals surface area contributed by atoms with Crippen molar-refractivity contribution in [3.05, 3.63) is 48.3 Å². The first-order chi connectivity index (χ1) is 12.1. The molecule has 0 radical (unpaired) electrons. The molecule has 0 aliphatic carbocycles. The van der Waals surface area contributed by atoms with E-state index >= 15 is 0 Å². The monoisotopic (exact) mass is 379 g/mol. The Morgan fingerprint density at radius 2 is 1.62 bits per heavy atom. The summed E-state index contributed by atoms with van der Waals surface area (Å²) in [5.74, 6) is -1.36. The highest BCUT2D eigenvalue weighted by Gasteiger charge is 2.09. The van der Waals surface area contributed by atoms with E-state index in [1.165, 1.54) is 49.4 Å². The van der Waals surface area contributed by atoms with Gasteiger partial charge >= 0.3 is 0 Å². The lowest BCUT2D eigenvalue weighted by molar-refractivity contribution is -0.115. The van der Waals surface area contributed by atoms with Gasteiger partial charge in [-0.25, -0.2) is 12.8 Å². The predicted molar refractivity (Wildman–Crippen MR) is 97.4 cm³/mol. The summed E-state index contributed by atoms with van der Waals surface area (Å²) in [4.78, 5) is 23.2. The summed E-state index contributed by atoms with van der Waals surface area (Å²) in [6.45, 7) is 1.17. The van der Waals surface area contributed by atoms with Crippen LogP contribution in [0, 0.1) is 5.82 Å². The summed E-state index contributed by atoms with van der Waals surface area (Å²) in [6, 6.07) is 9.77. The van der Waals surface area contributed by atoms with Crippen molar-refractivity contribution in [2.75, 3.05) is 28.8 Å². The molecule has 2 amide bonds. The molecule has 0 bridgehead atoms. The molecular weight excluding hydrogens is 361 g/mol. The molecule has 9 heteroatoms. The minimum Gasteiger partial charge on any atom is -0.376 e. The van der Waals surface area contributed by atoms with Crippen molar-refractivity contribution in [2.45, 2.75) is 11.8 Å². The average molecular weight is 379 g/mol. The molecule has 0 fully saturated rings. The highest BCUT2D eigenvalue weighted by atomic mass is 32.2. The fourth-order valence-electron chi connectivity index (χ4n) is 2.09. The molecule has 0 unspecified atom stereocenters. The maximum atomic E-state index is 13.6. The molecule has 0 aliphatic rings. The van der Waals surface area contributed by atoms with Gasteiger partial charge in [-0.3, -0.25) is 9.59 Å². The highest BCUT2D eigenvalue weighted by molar-refractivity contribution is 7.90. The summed E-state index contributed by atoms with van der Waals surface area (Å²) in [6.07, 6.45) is 1.10. The van der Waals surface area contributed by atoms with Gasteiger partial charge in [-0.1, -0.05) is 0 Å². The summed E-state index contributed by atoms with van der Waals surface area (Å²) in [7, 11) is -3.30. The van der Waals surface area contributed by atoms with Gasteiger partial charge in [0.15, 0.2) is 9.84 Å². The Kier molecular flexibility index (Phi) is 5.93. The first-order valence-corrected chi connectivity index (χ1v) is 9.45. The van der Waals surface area contributed by atoms with Gasteiger partial charge in [0.05, 0.1) is 17.1 Å². The topological polar surface area (TPSA) is 104 Å². The Morgan fingerprint density at radius 3 is 2.19 bits per heavy atom. The fraction of sp³-hybridized carbons (Fsp3) is 0.176. The van der Waals surface area contributed by atoms with Crippen LogP contribution in [-0.2, 0) is 19.4 Å². The number of carbonyl (C=O) groups is 2. The van der Waals surface area contributed by atoms with Crippen LogP contribution in [0.4, 0.5) is 21.5 Å². The minimum atomic E-state index is -3.30. The van der Waals surface area contributed by atoms with E-state index < -0.39 is 21.6 Å². The van der Waals surface area contributed by atoms with Crippen molar-refractivity contribution < 1.29 is 22.4 Å². The molecule has 3 N–H and O–H groups in total. The lowest BCUT2D eigenvalue weighted by Gasteiger charge is -2.10. The maximum absolute atomic E-state index is 13.6. The van der Waals surface area contributed by atoms with Crippen molar-refractivity contribution >= 4 is 38.7 Å². The van der Waals surface area contributed by atoms with Crippen molar-refractivity contribution in [3.63, 3.8) is 0 Å². The second-order valence-electron chi connectivity index (χ2n) is 5.57. The van der Waals surface area contributed by atoms with Crippen LogP contribution in [-0.4, -0.2) is 33.0 Å². The first kappa shape index (κ1) is 19.4. The van der Waals surface area contributed by atoms with Crippen molar-refractivity contribution in [1.82, 2.24) is 0 Å². The van der Waals surface area contributed by atoms with Crippen LogP contribution in [0.15, 0.2) is 47.4 Å². The average Bonchev–Trinajstić information content (AvgIpc) is 2.55. The predicted octanol–water partition coefficient (Wildman–Crippen LogP) is 2.24. The number of halogens is 1. The zero-order chi connectivity index (χ0) is 19.3. The van der Waals surface area contributed by atoms with Crippen LogP contribution in [0.1, 0.15) is 6.92 Å². The molecular formula is C17H18FN3O4S. The van der Waals surface area contributed by atoms with Crippen LogP contribution in [0.5, 0.6) is 0 Å². The molecule has 26 heavy (non-hydrogen) atoms. The number of carbonyl (C=O) groups excluding carboxylic acids is 2. The second-order valence-corrected chi connectivity index (χ2v) is 7.59. The van der Waals surface area contributed by atoms with Gasteiger partial charge in [-0.2, -0.15) is 0 Å². The fourth-order valence-corrected chi connectivity index (χ4v) is 2.72. The molecule has 0 heterocycles. The molecule has 0 aliphatic heterocycles. The van der Waals surface area contributed by atoms with Gasteiger partial charge in [0.1, 0.15) is 5.82 Å². The van der Waals surface area contributed by atoms with Gasteiger partial charge in [-0.05, 0) is 42.5 Å². The zero-order valence-electron chi connectivity index (χ0n) is 14.2. The van der Waals surface area contributed by atoms with Crippen molar-refractivity contribution in [1.29, 1.82) is 0 Å². The second kappa shape index (κ2) is 7.96. The minimum absolute atomic E-state index is 0.0132. The standard InChI is InChI=1S/C17H18FN3O4S/c1-11(22)20-16-9-13(5-8-15(16)18)19-10-17(23)21-12-3-6-14(7-4-12)26(2,24)25/h3-9,19H,10H2,1-2H3,(H,20,22)(H,21,23). The smallest absolute Gasteiger partial charge is 0.243 e. The summed E-state index contributed by atoms with van der Waals surface area (Å²) >= 11 is 0. The number of hydrogen-bond acceptors (Lipinski definition) is 5. The van der Waals surface area contributed by atoms with Gasteiger partial charge in [0, 0.05) is 24.6 Å². The number of hydrogen-bond donors (Lipinski definition) is 3. The summed E-state index contributed by atoms with van der Waals surface area (Å²) in [5.41, 5.74) is 0.916. The van der Waals surface area contributed by atoms with Crippen molar-refractivity contribution in [2.24, 2.45) is 0 Å². The summed E-state index contributed by atoms with van der Waals surface area (Å²) in [5, 5.41) is 7.78. The molecule has 0 atom stereocenters. The quantitative estimate of drug-likeness (QED) is 0.714. The maximum Gasteiger partial charge on any atom is 0.243 e. The molecule has 138 valence electrons. The molecule has 2 rings (SSSR count). The van der Waals surface area contributed by atoms with Gasteiger partial charge in [0.25, 0.3) is 0 Å². The Labute approximate surface area is 150 Å². The van der Waals surface area contributed by atoms with E-state index in [9.17, 15) is 22.4 Å². The van der Waals surface area contributed by atoms with E-state index in [2.05, 4.69) is 16.0 Å². The molecule has 0 aromatic heterocycles. The summed E-state index contributed by atoms with van der Waals surface area (Å²) < 4.78 is 36.4. The Morgan fingerprint density at radius 1 is 1.00 bits per heavy atom. The Hall–Kier alpha value is -2.94. The van der Waals surface area contributed by atoms with Crippen molar-refractivity contribution in [3.8, 4) is 0 Å². The third-order valence-corrected chi connectivity index (χ3v) is 4.42. The molecule has 2 aromatic carbocycles. The normalized spacial score (nSPS) is 10.9. The molecule has 2 aromatic rings. The van der Waals surface area contributed by atoms with Gasteiger partial charge in [0.2, 0.25) is 11.8 Å². The third-order valence-electron chi connectivity index (χ3n) is 3.30. The van der Waals surface area contributed by atoms with Crippen LogP contribution >= 0.6 is 0 Å². The van der Waals surface area contributed by atoms with E-state index in [-0.39, 0.29) is 23.0 Å². The largest absolute Gasteiger partial charge is 0.376 e. The third kappa shape index (κ3) is 5.55. The van der Waals surface area contributed by atoms with E-state index in [0.29, 0.717) is 11.4 Å². The SMILES string of the molecule is CC(=O)Nc1cc(NCC(=O)Nc2ccc(S(C)(=O)=O)cc2)ccc1F. The van der Waals surface area contributed by atoms with Crippen LogP contribution in [0.3, 0.4) is 0 Å². The van der Waals surface area contributed by atoms with Gasteiger partial charge in [-0.15, -0.1) is 0 Å². The molecule has 0 saturated heterocycles. The molecule has 0 spiro atoms. The number of benzene rings is 2. The van der Waals surface area contributed by atoms with E-state index in [0.717, 1.165) is 6.26 Å². The number of anilines is 3. The molecule has 7 nitrogen and oxygen atoms in total. The number of amides is 2. The molecule has 0 saturated carbocycles.